The lowest BCUT2D eigenvalue weighted by molar-refractivity contribution is 0.102. The minimum atomic E-state index is -0.253. The second-order valence-corrected chi connectivity index (χ2v) is 9.17. The Morgan fingerprint density at radius 1 is 1.13 bits per heavy atom. The zero-order valence-electron chi connectivity index (χ0n) is 21.3. The Hall–Kier alpha value is -4.67. The van der Waals surface area contributed by atoms with Gasteiger partial charge in [0.15, 0.2) is 11.5 Å². The van der Waals surface area contributed by atoms with Crippen LogP contribution in [0.5, 0.6) is 11.5 Å². The molecule has 0 radical (unpaired) electrons. The molecule has 5 rings (SSSR count). The molecule has 0 saturated carbocycles. The van der Waals surface area contributed by atoms with E-state index in [9.17, 15) is 9.59 Å². The molecule has 4 aromatic rings. The van der Waals surface area contributed by atoms with E-state index < -0.39 is 0 Å². The van der Waals surface area contributed by atoms with Crippen molar-refractivity contribution in [3.05, 3.63) is 66.0 Å². The number of piperidine rings is 1. The van der Waals surface area contributed by atoms with Gasteiger partial charge in [0.1, 0.15) is 22.7 Å². The number of amides is 3. The standard InChI is InChI=1S/C27H30N8O3/c1-3-28-27(37)35-14-4-5-19(16-35)31-25-23-21(11-13-30-24(23)33-34-25)38-20-8-6-18(7-9-20)26(36)32-22-15-17(2)10-12-29-22/h6-13,15,19H,3-5,14,16H2,1-2H3,(H,28,37)(H,29,32,36)(H2,30,31,33,34)/t19-/m1/s1. The number of aromatic amines is 1. The number of rotatable bonds is 7. The SMILES string of the molecule is CCNC(=O)N1CCC[C@@H](Nc2n[nH]c3nccc(Oc4ccc(C(=O)Nc5cc(C)ccn5)cc4)c23)C1. The molecule has 11 heteroatoms. The molecule has 0 bridgehead atoms. The highest BCUT2D eigenvalue weighted by Crippen LogP contribution is 2.33. The summed E-state index contributed by atoms with van der Waals surface area (Å²) in [7, 11) is 0. The van der Waals surface area contributed by atoms with Crippen LogP contribution >= 0.6 is 0 Å². The number of aryl methyl sites for hydroxylation is 1. The highest BCUT2D eigenvalue weighted by Gasteiger charge is 2.25. The summed E-state index contributed by atoms with van der Waals surface area (Å²) in [6.45, 7) is 5.76. The third-order valence-corrected chi connectivity index (χ3v) is 6.30. The number of anilines is 2. The van der Waals surface area contributed by atoms with E-state index in [4.69, 9.17) is 4.74 Å². The minimum absolute atomic E-state index is 0.0478. The van der Waals surface area contributed by atoms with Crippen LogP contribution in [0.15, 0.2) is 54.9 Å². The van der Waals surface area contributed by atoms with Crippen molar-refractivity contribution in [3.63, 3.8) is 0 Å². The topological polar surface area (TPSA) is 137 Å². The van der Waals surface area contributed by atoms with Gasteiger partial charge in [0.2, 0.25) is 0 Å². The summed E-state index contributed by atoms with van der Waals surface area (Å²) in [5.41, 5.74) is 2.09. The molecule has 3 aromatic heterocycles. The zero-order valence-corrected chi connectivity index (χ0v) is 21.3. The fourth-order valence-electron chi connectivity index (χ4n) is 4.44. The first-order chi connectivity index (χ1) is 18.5. The summed E-state index contributed by atoms with van der Waals surface area (Å²) >= 11 is 0. The van der Waals surface area contributed by atoms with Crippen molar-refractivity contribution in [2.45, 2.75) is 32.7 Å². The quantitative estimate of drug-likeness (QED) is 0.288. The summed E-state index contributed by atoms with van der Waals surface area (Å²) in [6.07, 6.45) is 5.12. The van der Waals surface area contributed by atoms with Gasteiger partial charge in [0, 0.05) is 49.7 Å². The average Bonchev–Trinajstić information content (AvgIpc) is 3.33. The molecule has 4 N–H and O–H groups in total. The fourth-order valence-corrected chi connectivity index (χ4v) is 4.44. The second kappa shape index (κ2) is 11.2. The van der Waals surface area contributed by atoms with E-state index in [0.29, 0.717) is 47.4 Å². The van der Waals surface area contributed by atoms with Crippen molar-refractivity contribution < 1.29 is 14.3 Å². The molecule has 38 heavy (non-hydrogen) atoms. The van der Waals surface area contributed by atoms with E-state index in [0.717, 1.165) is 30.3 Å². The van der Waals surface area contributed by atoms with Crippen molar-refractivity contribution in [1.29, 1.82) is 0 Å². The van der Waals surface area contributed by atoms with Crippen LogP contribution in [0.4, 0.5) is 16.4 Å². The Balaban J connectivity index is 1.29. The molecule has 0 spiro atoms. The van der Waals surface area contributed by atoms with Gasteiger partial charge < -0.3 is 25.6 Å². The molecule has 1 aliphatic heterocycles. The Labute approximate surface area is 220 Å². The van der Waals surface area contributed by atoms with Crippen molar-refractivity contribution >= 4 is 34.6 Å². The number of benzene rings is 1. The predicted molar refractivity (Wildman–Crippen MR) is 145 cm³/mol. The molecule has 1 atom stereocenters. The van der Waals surface area contributed by atoms with Crippen LogP contribution in [0.1, 0.15) is 35.7 Å². The van der Waals surface area contributed by atoms with Crippen LogP contribution in [0, 0.1) is 6.92 Å². The molecule has 0 unspecified atom stereocenters. The van der Waals surface area contributed by atoms with E-state index in [2.05, 4.69) is 36.1 Å². The Kier molecular flexibility index (Phi) is 7.34. The Morgan fingerprint density at radius 2 is 1.95 bits per heavy atom. The summed E-state index contributed by atoms with van der Waals surface area (Å²) < 4.78 is 6.18. The largest absolute Gasteiger partial charge is 0.456 e. The van der Waals surface area contributed by atoms with Crippen LogP contribution < -0.4 is 20.7 Å². The number of carbonyl (C=O) groups excluding carboxylic acids is 2. The van der Waals surface area contributed by atoms with E-state index in [1.54, 1.807) is 42.7 Å². The summed E-state index contributed by atoms with van der Waals surface area (Å²) in [6, 6.07) is 12.3. The number of pyridine rings is 2. The Bertz CT molecular complexity index is 1440. The number of nitrogens with zero attached hydrogens (tertiary/aromatic N) is 4. The van der Waals surface area contributed by atoms with Crippen molar-refractivity contribution in [1.82, 2.24) is 30.4 Å². The smallest absolute Gasteiger partial charge is 0.317 e. The summed E-state index contributed by atoms with van der Waals surface area (Å²) in [5, 5.41) is 17.2. The maximum Gasteiger partial charge on any atom is 0.317 e. The third-order valence-electron chi connectivity index (χ3n) is 6.30. The molecule has 1 saturated heterocycles. The molecule has 4 heterocycles. The number of H-pyrrole nitrogens is 1. The maximum atomic E-state index is 12.6. The molecule has 3 amide bonds. The zero-order chi connectivity index (χ0) is 26.5. The Morgan fingerprint density at radius 3 is 2.74 bits per heavy atom. The first-order valence-corrected chi connectivity index (χ1v) is 12.6. The average molecular weight is 515 g/mol. The molecule has 1 aromatic carbocycles. The van der Waals surface area contributed by atoms with E-state index in [1.807, 2.05) is 30.9 Å². The van der Waals surface area contributed by atoms with E-state index in [1.165, 1.54) is 0 Å². The number of hydrogen-bond acceptors (Lipinski definition) is 7. The number of urea groups is 1. The van der Waals surface area contributed by atoms with Crippen LogP contribution in [0.2, 0.25) is 0 Å². The third kappa shape index (κ3) is 5.66. The summed E-state index contributed by atoms with van der Waals surface area (Å²) in [5.74, 6) is 2.00. The molecule has 0 aliphatic carbocycles. The van der Waals surface area contributed by atoms with Gasteiger partial charge in [-0.1, -0.05) is 0 Å². The van der Waals surface area contributed by atoms with Crippen molar-refractivity contribution in [3.8, 4) is 11.5 Å². The molecule has 196 valence electrons. The number of aromatic nitrogens is 4. The lowest BCUT2D eigenvalue weighted by Gasteiger charge is -2.33. The lowest BCUT2D eigenvalue weighted by atomic mass is 10.1. The highest BCUT2D eigenvalue weighted by atomic mass is 16.5. The number of likely N-dealkylation sites (tertiary alicyclic amines) is 1. The van der Waals surface area contributed by atoms with Gasteiger partial charge in [0.25, 0.3) is 5.91 Å². The van der Waals surface area contributed by atoms with Crippen LogP contribution in [-0.2, 0) is 0 Å². The predicted octanol–water partition coefficient (Wildman–Crippen LogP) is 4.31. The number of carbonyl (C=O) groups is 2. The van der Waals surface area contributed by atoms with Gasteiger partial charge in [-0.3, -0.25) is 9.89 Å². The number of hydrogen-bond donors (Lipinski definition) is 4. The minimum Gasteiger partial charge on any atom is -0.456 e. The van der Waals surface area contributed by atoms with Gasteiger partial charge in [-0.2, -0.15) is 5.10 Å². The van der Waals surface area contributed by atoms with Crippen LogP contribution in [0.25, 0.3) is 11.0 Å². The fraction of sp³-hybridized carbons (Fsp3) is 0.296. The van der Waals surface area contributed by atoms with Gasteiger partial charge >= 0.3 is 6.03 Å². The van der Waals surface area contributed by atoms with Gasteiger partial charge in [-0.15, -0.1) is 0 Å². The van der Waals surface area contributed by atoms with Crippen molar-refractivity contribution in [2.75, 3.05) is 30.3 Å². The highest BCUT2D eigenvalue weighted by molar-refractivity contribution is 6.03. The second-order valence-electron chi connectivity index (χ2n) is 9.17. The van der Waals surface area contributed by atoms with Crippen molar-refractivity contribution in [2.24, 2.45) is 0 Å². The molecule has 11 nitrogen and oxygen atoms in total. The number of nitrogens with one attached hydrogen (secondary N) is 4. The molecule has 1 fully saturated rings. The van der Waals surface area contributed by atoms with E-state index in [-0.39, 0.29) is 18.0 Å². The van der Waals surface area contributed by atoms with Gasteiger partial charge in [0.05, 0.1) is 0 Å². The summed E-state index contributed by atoms with van der Waals surface area (Å²) in [4.78, 5) is 35.3. The normalized spacial score (nSPS) is 15.2. The van der Waals surface area contributed by atoms with Crippen LogP contribution in [0.3, 0.4) is 0 Å². The van der Waals surface area contributed by atoms with Gasteiger partial charge in [-0.25, -0.2) is 14.8 Å². The molecular weight excluding hydrogens is 484 g/mol. The lowest BCUT2D eigenvalue weighted by Crippen LogP contribution is -2.49. The van der Waals surface area contributed by atoms with Gasteiger partial charge in [-0.05, 0) is 68.7 Å². The molecule has 1 aliphatic rings. The monoisotopic (exact) mass is 514 g/mol. The molecular formula is C27H30N8O3. The number of ether oxygens (including phenoxy) is 1. The first kappa shape index (κ1) is 25.0. The number of fused-ring (bicyclic) bond motifs is 1. The van der Waals surface area contributed by atoms with Crippen LogP contribution in [-0.4, -0.2) is 62.7 Å². The first-order valence-electron chi connectivity index (χ1n) is 12.6. The van der Waals surface area contributed by atoms with E-state index >= 15 is 0 Å². The maximum absolute atomic E-state index is 12.6.